The van der Waals surface area contributed by atoms with Crippen LogP contribution < -0.4 is 5.32 Å². The van der Waals surface area contributed by atoms with E-state index in [1.807, 2.05) is 6.92 Å². The number of nitrogens with one attached hydrogen (secondary N) is 1. The summed E-state index contributed by atoms with van der Waals surface area (Å²) in [6.45, 7) is 5.85. The van der Waals surface area contributed by atoms with Crippen LogP contribution in [0, 0.1) is 0 Å². The maximum Gasteiger partial charge on any atom is 0.416 e. The molecule has 5 heteroatoms. The van der Waals surface area contributed by atoms with Crippen molar-refractivity contribution in [2.24, 2.45) is 0 Å². The molecule has 2 nitrogen and oxygen atoms in total. The van der Waals surface area contributed by atoms with E-state index < -0.39 is 17.8 Å². The molecule has 1 rings (SSSR count). The standard InChI is InChI=1S/C14H18F3NO/c1-3-4-10(2)18-9-13(19)11-5-7-12(8-6-11)14(15,16)17/h3,5-8,10,13,18-19H,1,4,9H2,2H3. The van der Waals surface area contributed by atoms with Gasteiger partial charge in [0, 0.05) is 12.6 Å². The molecule has 0 aliphatic rings. The molecule has 0 saturated heterocycles. The van der Waals surface area contributed by atoms with Crippen molar-refractivity contribution in [3.05, 3.63) is 48.0 Å². The van der Waals surface area contributed by atoms with E-state index in [4.69, 9.17) is 0 Å². The molecule has 0 saturated carbocycles. The SMILES string of the molecule is C=CCC(C)NCC(O)c1ccc(C(F)(F)F)cc1. The summed E-state index contributed by atoms with van der Waals surface area (Å²) in [6, 6.07) is 4.72. The fourth-order valence-electron chi connectivity index (χ4n) is 1.66. The van der Waals surface area contributed by atoms with Crippen LogP contribution in [0.25, 0.3) is 0 Å². The Kier molecular flexibility index (Phi) is 5.57. The number of hydrogen-bond donors (Lipinski definition) is 2. The first-order chi connectivity index (χ1) is 8.84. The second-order valence-electron chi connectivity index (χ2n) is 4.47. The van der Waals surface area contributed by atoms with Crippen molar-refractivity contribution in [3.8, 4) is 0 Å². The van der Waals surface area contributed by atoms with Crippen LogP contribution in [0.3, 0.4) is 0 Å². The molecule has 2 atom stereocenters. The van der Waals surface area contributed by atoms with Crippen LogP contribution in [-0.4, -0.2) is 17.7 Å². The lowest BCUT2D eigenvalue weighted by Gasteiger charge is -2.16. The summed E-state index contributed by atoms with van der Waals surface area (Å²) in [7, 11) is 0. The van der Waals surface area contributed by atoms with Crippen molar-refractivity contribution in [1.82, 2.24) is 5.32 Å². The minimum Gasteiger partial charge on any atom is -0.387 e. The highest BCUT2D eigenvalue weighted by atomic mass is 19.4. The third-order valence-corrected chi connectivity index (χ3v) is 2.80. The van der Waals surface area contributed by atoms with Gasteiger partial charge in [-0.2, -0.15) is 13.2 Å². The smallest absolute Gasteiger partial charge is 0.387 e. The van der Waals surface area contributed by atoms with Crippen LogP contribution in [-0.2, 0) is 6.18 Å². The van der Waals surface area contributed by atoms with Crippen molar-refractivity contribution in [1.29, 1.82) is 0 Å². The summed E-state index contributed by atoms with van der Waals surface area (Å²) in [5.74, 6) is 0. The zero-order valence-corrected chi connectivity index (χ0v) is 10.7. The first kappa shape index (κ1) is 15.7. The Bertz CT molecular complexity index is 400. The Morgan fingerprint density at radius 2 is 1.89 bits per heavy atom. The van der Waals surface area contributed by atoms with Crippen LogP contribution in [0.4, 0.5) is 13.2 Å². The molecule has 1 aromatic rings. The predicted molar refractivity (Wildman–Crippen MR) is 68.7 cm³/mol. The van der Waals surface area contributed by atoms with Crippen LogP contribution in [0.15, 0.2) is 36.9 Å². The summed E-state index contributed by atoms with van der Waals surface area (Å²) >= 11 is 0. The Hall–Kier alpha value is -1.33. The van der Waals surface area contributed by atoms with Gasteiger partial charge in [0.05, 0.1) is 11.7 Å². The largest absolute Gasteiger partial charge is 0.416 e. The van der Waals surface area contributed by atoms with E-state index in [1.54, 1.807) is 6.08 Å². The van der Waals surface area contributed by atoms with Crippen molar-refractivity contribution < 1.29 is 18.3 Å². The average Bonchev–Trinajstić information content (AvgIpc) is 2.35. The molecule has 0 radical (unpaired) electrons. The van der Waals surface area contributed by atoms with Crippen LogP contribution >= 0.6 is 0 Å². The summed E-state index contributed by atoms with van der Waals surface area (Å²) in [5, 5.41) is 12.9. The zero-order valence-electron chi connectivity index (χ0n) is 10.7. The summed E-state index contributed by atoms with van der Waals surface area (Å²) < 4.78 is 37.1. The molecule has 0 aliphatic carbocycles. The fourth-order valence-corrected chi connectivity index (χ4v) is 1.66. The number of hydrogen-bond acceptors (Lipinski definition) is 2. The Morgan fingerprint density at radius 1 is 1.32 bits per heavy atom. The number of rotatable bonds is 6. The quantitative estimate of drug-likeness (QED) is 0.779. The first-order valence-electron chi connectivity index (χ1n) is 6.04. The molecular formula is C14H18F3NO. The van der Waals surface area contributed by atoms with Gasteiger partial charge in [-0.15, -0.1) is 6.58 Å². The molecule has 1 aromatic carbocycles. The number of aliphatic hydroxyl groups excluding tert-OH is 1. The highest BCUT2D eigenvalue weighted by molar-refractivity contribution is 5.26. The molecular weight excluding hydrogens is 255 g/mol. The lowest BCUT2D eigenvalue weighted by atomic mass is 10.1. The van der Waals surface area contributed by atoms with E-state index in [2.05, 4.69) is 11.9 Å². The number of benzene rings is 1. The van der Waals surface area contributed by atoms with E-state index in [0.29, 0.717) is 12.1 Å². The van der Waals surface area contributed by atoms with Gasteiger partial charge in [0.25, 0.3) is 0 Å². The second kappa shape index (κ2) is 6.73. The predicted octanol–water partition coefficient (Wildman–Crippen LogP) is 3.29. The van der Waals surface area contributed by atoms with Gasteiger partial charge in [0.2, 0.25) is 0 Å². The van der Waals surface area contributed by atoms with Gasteiger partial charge in [-0.1, -0.05) is 18.2 Å². The average molecular weight is 273 g/mol. The highest BCUT2D eigenvalue weighted by Crippen LogP contribution is 2.29. The summed E-state index contributed by atoms with van der Waals surface area (Å²) in [4.78, 5) is 0. The van der Waals surface area contributed by atoms with Gasteiger partial charge in [-0.05, 0) is 31.0 Å². The van der Waals surface area contributed by atoms with Crippen LogP contribution in [0.5, 0.6) is 0 Å². The lowest BCUT2D eigenvalue weighted by Crippen LogP contribution is -2.29. The van der Waals surface area contributed by atoms with Gasteiger partial charge < -0.3 is 10.4 Å². The molecule has 2 unspecified atom stereocenters. The van der Waals surface area contributed by atoms with Crippen molar-refractivity contribution >= 4 is 0 Å². The van der Waals surface area contributed by atoms with Gasteiger partial charge in [0.15, 0.2) is 0 Å². The van der Waals surface area contributed by atoms with Crippen molar-refractivity contribution in [2.45, 2.75) is 31.7 Å². The zero-order chi connectivity index (χ0) is 14.5. The van der Waals surface area contributed by atoms with Crippen molar-refractivity contribution in [2.75, 3.05) is 6.54 Å². The third kappa shape index (κ3) is 5.04. The third-order valence-electron chi connectivity index (χ3n) is 2.80. The van der Waals surface area contributed by atoms with E-state index in [0.717, 1.165) is 18.6 Å². The molecule has 2 N–H and O–H groups in total. The Labute approximate surface area is 111 Å². The Morgan fingerprint density at radius 3 is 2.37 bits per heavy atom. The second-order valence-corrected chi connectivity index (χ2v) is 4.47. The minimum absolute atomic E-state index is 0.168. The van der Waals surface area contributed by atoms with E-state index in [9.17, 15) is 18.3 Å². The lowest BCUT2D eigenvalue weighted by molar-refractivity contribution is -0.137. The van der Waals surface area contributed by atoms with Crippen LogP contribution in [0.2, 0.25) is 0 Å². The van der Waals surface area contributed by atoms with Gasteiger partial charge >= 0.3 is 6.18 Å². The maximum atomic E-state index is 12.4. The molecule has 0 fully saturated rings. The maximum absolute atomic E-state index is 12.4. The highest BCUT2D eigenvalue weighted by Gasteiger charge is 2.30. The fraction of sp³-hybridized carbons (Fsp3) is 0.429. The first-order valence-corrected chi connectivity index (χ1v) is 6.04. The summed E-state index contributed by atoms with van der Waals surface area (Å²) in [5.41, 5.74) is -0.247. The molecule has 0 heterocycles. The molecule has 0 bridgehead atoms. The molecule has 0 amide bonds. The topological polar surface area (TPSA) is 32.3 Å². The van der Waals surface area contributed by atoms with Gasteiger partial charge in [0.1, 0.15) is 0 Å². The number of alkyl halides is 3. The van der Waals surface area contributed by atoms with Gasteiger partial charge in [-0.25, -0.2) is 0 Å². The van der Waals surface area contributed by atoms with Gasteiger partial charge in [-0.3, -0.25) is 0 Å². The molecule has 106 valence electrons. The van der Waals surface area contributed by atoms with Crippen molar-refractivity contribution in [3.63, 3.8) is 0 Å². The molecule has 19 heavy (non-hydrogen) atoms. The monoisotopic (exact) mass is 273 g/mol. The molecule has 0 aromatic heterocycles. The minimum atomic E-state index is -4.35. The summed E-state index contributed by atoms with van der Waals surface area (Å²) in [6.07, 6.45) is -2.64. The van der Waals surface area contributed by atoms with E-state index >= 15 is 0 Å². The van der Waals surface area contributed by atoms with E-state index in [-0.39, 0.29) is 6.04 Å². The Balaban J connectivity index is 2.58. The number of aliphatic hydroxyl groups is 1. The molecule has 0 aliphatic heterocycles. The number of halogens is 3. The van der Waals surface area contributed by atoms with Crippen LogP contribution in [0.1, 0.15) is 30.6 Å². The van der Waals surface area contributed by atoms with E-state index in [1.165, 1.54) is 12.1 Å². The molecule has 0 spiro atoms. The normalized spacial score (nSPS) is 15.0.